The first kappa shape index (κ1) is 13.9. The number of methoxy groups -OCH3 is 1. The molecule has 1 atom stereocenters. The predicted molar refractivity (Wildman–Crippen MR) is 75.3 cm³/mol. The maximum Gasteiger partial charge on any atom is 0.220 e. The summed E-state index contributed by atoms with van der Waals surface area (Å²) in [5, 5.41) is 6.40. The zero-order valence-corrected chi connectivity index (χ0v) is 11.7. The van der Waals surface area contributed by atoms with E-state index >= 15 is 0 Å². The topological polar surface area (TPSA) is 50.4 Å². The molecule has 1 saturated heterocycles. The Morgan fingerprint density at radius 1 is 1.42 bits per heavy atom. The Hall–Kier alpha value is -1.55. The summed E-state index contributed by atoms with van der Waals surface area (Å²) in [7, 11) is 1.65. The number of benzene rings is 1. The molecule has 1 aliphatic rings. The van der Waals surface area contributed by atoms with Gasteiger partial charge in [0, 0.05) is 13.0 Å². The van der Waals surface area contributed by atoms with Gasteiger partial charge in [0.25, 0.3) is 0 Å². The van der Waals surface area contributed by atoms with Gasteiger partial charge in [0.1, 0.15) is 5.75 Å². The van der Waals surface area contributed by atoms with Crippen molar-refractivity contribution in [3.05, 3.63) is 29.8 Å². The molecule has 0 aliphatic carbocycles. The fourth-order valence-corrected chi connectivity index (χ4v) is 2.37. The van der Waals surface area contributed by atoms with Gasteiger partial charge >= 0.3 is 0 Å². The largest absolute Gasteiger partial charge is 0.497 e. The smallest absolute Gasteiger partial charge is 0.220 e. The quantitative estimate of drug-likeness (QED) is 0.845. The van der Waals surface area contributed by atoms with Crippen LogP contribution in [0.3, 0.4) is 0 Å². The fourth-order valence-electron chi connectivity index (χ4n) is 2.37. The molecule has 1 aliphatic heterocycles. The summed E-state index contributed by atoms with van der Waals surface area (Å²) in [5.41, 5.74) is 1.09. The molecule has 0 saturated carbocycles. The van der Waals surface area contributed by atoms with E-state index in [4.69, 9.17) is 4.74 Å². The monoisotopic (exact) mass is 262 g/mol. The number of carbonyl (C=O) groups excluding carboxylic acids is 1. The van der Waals surface area contributed by atoms with Crippen LogP contribution in [0.4, 0.5) is 0 Å². The number of ether oxygens (including phenoxy) is 1. The Kier molecular flexibility index (Phi) is 4.43. The van der Waals surface area contributed by atoms with Gasteiger partial charge in [-0.25, -0.2) is 0 Å². The lowest BCUT2D eigenvalue weighted by Gasteiger charge is -2.24. The molecule has 0 spiro atoms. The highest BCUT2D eigenvalue weighted by Crippen LogP contribution is 2.15. The normalized spacial score (nSPS) is 22.2. The van der Waals surface area contributed by atoms with Crippen molar-refractivity contribution in [1.29, 1.82) is 0 Å². The minimum Gasteiger partial charge on any atom is -0.497 e. The fraction of sp³-hybridized carbons (Fsp3) is 0.533. The molecule has 1 aromatic rings. The second-order valence-corrected chi connectivity index (χ2v) is 5.38. The van der Waals surface area contributed by atoms with Crippen molar-refractivity contribution in [2.45, 2.75) is 31.7 Å². The minimum absolute atomic E-state index is 0.0724. The maximum atomic E-state index is 11.9. The van der Waals surface area contributed by atoms with E-state index in [-0.39, 0.29) is 11.4 Å². The standard InChI is InChI=1S/C15H22N2O2/c1-15(9-10-16-11-15)17-14(18)8-5-12-3-6-13(19-2)7-4-12/h3-4,6-7,16H,5,8-11H2,1-2H3,(H,17,18). The summed E-state index contributed by atoms with van der Waals surface area (Å²) >= 11 is 0. The highest BCUT2D eigenvalue weighted by atomic mass is 16.5. The Labute approximate surface area is 114 Å². The molecule has 2 N–H and O–H groups in total. The summed E-state index contributed by atoms with van der Waals surface area (Å²) in [6.45, 7) is 3.94. The highest BCUT2D eigenvalue weighted by Gasteiger charge is 2.29. The van der Waals surface area contributed by atoms with Gasteiger partial charge in [-0.15, -0.1) is 0 Å². The van der Waals surface area contributed by atoms with Crippen LogP contribution in [0.15, 0.2) is 24.3 Å². The van der Waals surface area contributed by atoms with E-state index < -0.39 is 0 Å². The van der Waals surface area contributed by atoms with E-state index in [1.54, 1.807) is 7.11 Å². The van der Waals surface area contributed by atoms with Crippen LogP contribution in [0, 0.1) is 0 Å². The molecule has 0 aromatic heterocycles. The minimum atomic E-state index is -0.0724. The van der Waals surface area contributed by atoms with Gasteiger partial charge in [-0.05, 0) is 44.0 Å². The summed E-state index contributed by atoms with van der Waals surface area (Å²) in [6, 6.07) is 7.86. The first-order chi connectivity index (χ1) is 9.11. The van der Waals surface area contributed by atoms with Crippen LogP contribution in [0.5, 0.6) is 5.75 Å². The molecular weight excluding hydrogens is 240 g/mol. The van der Waals surface area contributed by atoms with Crippen molar-refractivity contribution >= 4 is 5.91 Å². The average molecular weight is 262 g/mol. The zero-order chi connectivity index (χ0) is 13.7. The third-order valence-corrected chi connectivity index (χ3v) is 3.61. The van der Waals surface area contributed by atoms with E-state index in [2.05, 4.69) is 17.6 Å². The van der Waals surface area contributed by atoms with E-state index in [9.17, 15) is 4.79 Å². The van der Waals surface area contributed by atoms with Crippen molar-refractivity contribution in [3.8, 4) is 5.75 Å². The van der Waals surface area contributed by atoms with Gasteiger partial charge < -0.3 is 15.4 Å². The van der Waals surface area contributed by atoms with E-state index in [0.29, 0.717) is 6.42 Å². The van der Waals surface area contributed by atoms with E-state index in [1.807, 2.05) is 24.3 Å². The number of aryl methyl sites for hydroxylation is 1. The number of amides is 1. The molecule has 104 valence electrons. The van der Waals surface area contributed by atoms with Crippen LogP contribution in [-0.4, -0.2) is 31.6 Å². The van der Waals surface area contributed by atoms with Crippen LogP contribution in [-0.2, 0) is 11.2 Å². The van der Waals surface area contributed by atoms with Crippen molar-refractivity contribution in [1.82, 2.24) is 10.6 Å². The van der Waals surface area contributed by atoms with Crippen LogP contribution in [0.2, 0.25) is 0 Å². The van der Waals surface area contributed by atoms with Gasteiger partial charge in [0.15, 0.2) is 0 Å². The molecule has 0 bridgehead atoms. The summed E-state index contributed by atoms with van der Waals surface area (Å²) < 4.78 is 5.11. The summed E-state index contributed by atoms with van der Waals surface area (Å²) in [4.78, 5) is 11.9. The van der Waals surface area contributed by atoms with Crippen molar-refractivity contribution in [2.75, 3.05) is 20.2 Å². The lowest BCUT2D eigenvalue weighted by molar-refractivity contribution is -0.122. The van der Waals surface area contributed by atoms with Crippen LogP contribution >= 0.6 is 0 Å². The predicted octanol–water partition coefficient (Wildman–Crippen LogP) is 1.50. The Morgan fingerprint density at radius 2 is 2.16 bits per heavy atom. The molecule has 1 unspecified atom stereocenters. The summed E-state index contributed by atoms with van der Waals surface area (Å²) in [6.07, 6.45) is 2.29. The van der Waals surface area contributed by atoms with Gasteiger partial charge in [0.2, 0.25) is 5.91 Å². The second kappa shape index (κ2) is 6.06. The molecule has 1 amide bonds. The van der Waals surface area contributed by atoms with Crippen molar-refractivity contribution in [3.63, 3.8) is 0 Å². The third-order valence-electron chi connectivity index (χ3n) is 3.61. The zero-order valence-electron chi connectivity index (χ0n) is 11.7. The number of rotatable bonds is 5. The first-order valence-electron chi connectivity index (χ1n) is 6.76. The lowest BCUT2D eigenvalue weighted by Crippen LogP contribution is -2.47. The average Bonchev–Trinajstić information content (AvgIpc) is 2.83. The third kappa shape index (κ3) is 3.96. The number of nitrogens with one attached hydrogen (secondary N) is 2. The molecule has 4 nitrogen and oxygen atoms in total. The molecular formula is C15H22N2O2. The van der Waals surface area contributed by atoms with Gasteiger partial charge in [-0.3, -0.25) is 4.79 Å². The lowest BCUT2D eigenvalue weighted by atomic mass is 10.0. The highest BCUT2D eigenvalue weighted by molar-refractivity contribution is 5.77. The maximum absolute atomic E-state index is 11.9. The van der Waals surface area contributed by atoms with Gasteiger partial charge in [0.05, 0.1) is 12.6 Å². The molecule has 1 heterocycles. The van der Waals surface area contributed by atoms with Crippen LogP contribution < -0.4 is 15.4 Å². The molecule has 2 rings (SSSR count). The van der Waals surface area contributed by atoms with Crippen LogP contribution in [0.25, 0.3) is 0 Å². The first-order valence-corrected chi connectivity index (χ1v) is 6.76. The molecule has 4 heteroatoms. The van der Waals surface area contributed by atoms with Gasteiger partial charge in [-0.1, -0.05) is 12.1 Å². The number of hydrogen-bond donors (Lipinski definition) is 2. The van der Waals surface area contributed by atoms with Gasteiger partial charge in [-0.2, -0.15) is 0 Å². The van der Waals surface area contributed by atoms with Crippen LogP contribution in [0.1, 0.15) is 25.3 Å². The molecule has 19 heavy (non-hydrogen) atoms. The number of hydrogen-bond acceptors (Lipinski definition) is 3. The SMILES string of the molecule is COc1ccc(CCC(=O)NC2(C)CCNC2)cc1. The van der Waals surface area contributed by atoms with E-state index in [0.717, 1.165) is 37.2 Å². The molecule has 1 fully saturated rings. The summed E-state index contributed by atoms with van der Waals surface area (Å²) in [5.74, 6) is 0.972. The second-order valence-electron chi connectivity index (χ2n) is 5.38. The Morgan fingerprint density at radius 3 is 2.74 bits per heavy atom. The van der Waals surface area contributed by atoms with Crippen molar-refractivity contribution < 1.29 is 9.53 Å². The Balaban J connectivity index is 1.79. The molecule has 0 radical (unpaired) electrons. The number of carbonyl (C=O) groups is 1. The van der Waals surface area contributed by atoms with Crippen molar-refractivity contribution in [2.24, 2.45) is 0 Å². The van der Waals surface area contributed by atoms with E-state index in [1.165, 1.54) is 0 Å². The molecule has 1 aromatic carbocycles. The Bertz CT molecular complexity index is 422.